The van der Waals surface area contributed by atoms with Gasteiger partial charge >= 0.3 is 0 Å². The Morgan fingerprint density at radius 2 is 1.53 bits per heavy atom. The molecule has 0 bridgehead atoms. The molecule has 30 heavy (non-hydrogen) atoms. The molecule has 0 fully saturated rings. The summed E-state index contributed by atoms with van der Waals surface area (Å²) in [4.78, 5) is 12.4. The van der Waals surface area contributed by atoms with Gasteiger partial charge in [0.1, 0.15) is 23.9 Å². The molecular weight excluding hydrogens is 408 g/mol. The van der Waals surface area contributed by atoms with E-state index in [0.717, 1.165) is 16.3 Å². The van der Waals surface area contributed by atoms with Crippen LogP contribution in [0.3, 0.4) is 0 Å². The molecule has 0 saturated heterocycles. The molecule has 164 valence electrons. The zero-order valence-electron chi connectivity index (χ0n) is 17.8. The van der Waals surface area contributed by atoms with Crippen molar-refractivity contribution < 1.29 is 27.4 Å². The number of rotatable bonds is 10. The van der Waals surface area contributed by atoms with E-state index < -0.39 is 16.1 Å². The monoisotopic (exact) mass is 436 g/mol. The Hall–Kier alpha value is -2.94. The predicted octanol–water partition coefficient (Wildman–Crippen LogP) is 2.44. The van der Waals surface area contributed by atoms with Gasteiger partial charge in [-0.05, 0) is 62.4 Å². The van der Waals surface area contributed by atoms with Crippen molar-refractivity contribution in [3.05, 3.63) is 48.5 Å². The molecule has 1 N–H and O–H groups in total. The average Bonchev–Trinajstić information content (AvgIpc) is 2.72. The van der Waals surface area contributed by atoms with Crippen LogP contribution >= 0.6 is 0 Å². The van der Waals surface area contributed by atoms with Gasteiger partial charge in [0.25, 0.3) is 5.91 Å². The third kappa shape index (κ3) is 6.84. The van der Waals surface area contributed by atoms with Crippen LogP contribution in [-0.2, 0) is 14.8 Å². The minimum Gasteiger partial charge on any atom is -0.497 e. The minimum absolute atomic E-state index is 0.226. The van der Waals surface area contributed by atoms with Gasteiger partial charge in [0.05, 0.1) is 25.1 Å². The first-order valence-corrected chi connectivity index (χ1v) is 11.2. The molecule has 0 aromatic heterocycles. The number of methoxy groups -OCH3 is 1. The summed E-state index contributed by atoms with van der Waals surface area (Å²) < 4.78 is 40.7. The van der Waals surface area contributed by atoms with Gasteiger partial charge in [0.2, 0.25) is 10.0 Å². The Labute approximate surface area is 177 Å². The Balaban J connectivity index is 1.83. The van der Waals surface area contributed by atoms with Crippen molar-refractivity contribution >= 4 is 21.6 Å². The SMILES string of the molecule is COc1ccc(OC[C@H](C)NC(=O)[C@H](C)Oc2ccc(N(C)S(C)(=O)=O)cc2)cc1. The van der Waals surface area contributed by atoms with E-state index in [1.165, 1.54) is 7.05 Å². The van der Waals surface area contributed by atoms with Crippen molar-refractivity contribution in [3.63, 3.8) is 0 Å². The lowest BCUT2D eigenvalue weighted by molar-refractivity contribution is -0.128. The molecule has 0 aliphatic carbocycles. The van der Waals surface area contributed by atoms with Crippen molar-refractivity contribution in [2.75, 3.05) is 31.3 Å². The van der Waals surface area contributed by atoms with Crippen LogP contribution < -0.4 is 23.8 Å². The highest BCUT2D eigenvalue weighted by atomic mass is 32.2. The Kier molecular flexibility index (Phi) is 7.93. The third-order valence-corrected chi connectivity index (χ3v) is 5.53. The zero-order valence-corrected chi connectivity index (χ0v) is 18.6. The van der Waals surface area contributed by atoms with E-state index >= 15 is 0 Å². The summed E-state index contributed by atoms with van der Waals surface area (Å²) in [7, 11) is -0.272. The zero-order chi connectivity index (χ0) is 22.3. The molecule has 0 aliphatic heterocycles. The van der Waals surface area contributed by atoms with E-state index in [1.807, 2.05) is 6.92 Å². The molecule has 0 saturated carbocycles. The Bertz CT molecular complexity index is 929. The number of benzene rings is 2. The highest BCUT2D eigenvalue weighted by molar-refractivity contribution is 7.92. The van der Waals surface area contributed by atoms with Crippen molar-refractivity contribution in [2.45, 2.75) is 26.0 Å². The maximum Gasteiger partial charge on any atom is 0.261 e. The molecule has 2 rings (SSSR count). The molecule has 1 amide bonds. The van der Waals surface area contributed by atoms with E-state index in [-0.39, 0.29) is 11.9 Å². The summed E-state index contributed by atoms with van der Waals surface area (Å²) in [5, 5.41) is 2.84. The van der Waals surface area contributed by atoms with Crippen molar-refractivity contribution in [1.29, 1.82) is 0 Å². The summed E-state index contributed by atoms with van der Waals surface area (Å²) in [5.74, 6) is 1.61. The second-order valence-corrected chi connectivity index (χ2v) is 8.89. The fourth-order valence-electron chi connectivity index (χ4n) is 2.48. The predicted molar refractivity (Wildman–Crippen MR) is 116 cm³/mol. The number of anilines is 1. The number of hydrogen-bond acceptors (Lipinski definition) is 6. The van der Waals surface area contributed by atoms with Gasteiger partial charge in [-0.2, -0.15) is 0 Å². The van der Waals surface area contributed by atoms with E-state index in [1.54, 1.807) is 62.6 Å². The fraction of sp³-hybridized carbons (Fsp3) is 0.381. The lowest BCUT2D eigenvalue weighted by Crippen LogP contribution is -2.43. The van der Waals surface area contributed by atoms with Gasteiger partial charge < -0.3 is 19.5 Å². The molecule has 8 nitrogen and oxygen atoms in total. The molecule has 0 radical (unpaired) electrons. The van der Waals surface area contributed by atoms with Gasteiger partial charge in [0, 0.05) is 7.05 Å². The normalized spacial score (nSPS) is 13.1. The van der Waals surface area contributed by atoms with Gasteiger partial charge in [-0.15, -0.1) is 0 Å². The van der Waals surface area contributed by atoms with E-state index in [2.05, 4.69) is 5.32 Å². The smallest absolute Gasteiger partial charge is 0.261 e. The number of nitrogens with zero attached hydrogens (tertiary/aromatic N) is 1. The van der Waals surface area contributed by atoms with Gasteiger partial charge in [-0.25, -0.2) is 8.42 Å². The van der Waals surface area contributed by atoms with Crippen LogP contribution in [0.25, 0.3) is 0 Å². The first-order valence-electron chi connectivity index (χ1n) is 9.38. The maximum absolute atomic E-state index is 12.4. The second kappa shape index (κ2) is 10.2. The molecule has 2 aromatic rings. The van der Waals surface area contributed by atoms with E-state index in [0.29, 0.717) is 23.8 Å². The Morgan fingerprint density at radius 3 is 2.07 bits per heavy atom. The fourth-order valence-corrected chi connectivity index (χ4v) is 2.98. The van der Waals surface area contributed by atoms with Gasteiger partial charge in [0.15, 0.2) is 6.10 Å². The van der Waals surface area contributed by atoms with Crippen molar-refractivity contribution in [2.24, 2.45) is 0 Å². The highest BCUT2D eigenvalue weighted by Gasteiger charge is 2.18. The first-order chi connectivity index (χ1) is 14.1. The quantitative estimate of drug-likeness (QED) is 0.615. The van der Waals surface area contributed by atoms with E-state index in [4.69, 9.17) is 14.2 Å². The van der Waals surface area contributed by atoms with Gasteiger partial charge in [-0.1, -0.05) is 0 Å². The third-order valence-electron chi connectivity index (χ3n) is 4.33. The standard InChI is InChI=1S/C21H28N2O6S/c1-15(14-28-19-12-10-18(27-4)11-13-19)22-21(24)16(2)29-20-8-6-17(7-9-20)23(3)30(5,25)26/h6-13,15-16H,14H2,1-5H3,(H,22,24)/t15-,16-/m0/s1. The number of carbonyl (C=O) groups excluding carboxylic acids is 1. The number of carbonyl (C=O) groups is 1. The summed E-state index contributed by atoms with van der Waals surface area (Å²) >= 11 is 0. The number of ether oxygens (including phenoxy) is 3. The van der Waals surface area contributed by atoms with Crippen LogP contribution in [0.2, 0.25) is 0 Å². The molecule has 9 heteroatoms. The maximum atomic E-state index is 12.4. The summed E-state index contributed by atoms with van der Waals surface area (Å²) in [6.07, 6.45) is 0.399. The van der Waals surface area contributed by atoms with Crippen molar-refractivity contribution in [3.8, 4) is 17.2 Å². The minimum atomic E-state index is -3.34. The topological polar surface area (TPSA) is 94.2 Å². The number of hydrogen-bond donors (Lipinski definition) is 1. The van der Waals surface area contributed by atoms with Crippen LogP contribution in [0.4, 0.5) is 5.69 Å². The average molecular weight is 437 g/mol. The van der Waals surface area contributed by atoms with Crippen LogP contribution in [0.15, 0.2) is 48.5 Å². The number of nitrogens with one attached hydrogen (secondary N) is 1. The lowest BCUT2D eigenvalue weighted by Gasteiger charge is -2.20. The van der Waals surface area contributed by atoms with Crippen LogP contribution in [0.1, 0.15) is 13.8 Å². The van der Waals surface area contributed by atoms with Gasteiger partial charge in [-0.3, -0.25) is 9.10 Å². The Morgan fingerprint density at radius 1 is 1.00 bits per heavy atom. The summed E-state index contributed by atoms with van der Waals surface area (Å²) in [6.45, 7) is 3.78. The van der Waals surface area contributed by atoms with Crippen LogP contribution in [-0.4, -0.2) is 53.5 Å². The molecule has 0 spiro atoms. The van der Waals surface area contributed by atoms with Crippen LogP contribution in [0, 0.1) is 0 Å². The number of sulfonamides is 1. The first kappa shape index (κ1) is 23.3. The second-order valence-electron chi connectivity index (χ2n) is 6.88. The van der Waals surface area contributed by atoms with E-state index in [9.17, 15) is 13.2 Å². The number of amides is 1. The summed E-state index contributed by atoms with van der Waals surface area (Å²) in [6, 6.07) is 13.4. The molecule has 0 unspecified atom stereocenters. The summed E-state index contributed by atoms with van der Waals surface area (Å²) in [5.41, 5.74) is 0.506. The molecule has 2 aromatic carbocycles. The lowest BCUT2D eigenvalue weighted by atomic mass is 10.2. The van der Waals surface area contributed by atoms with Crippen LogP contribution in [0.5, 0.6) is 17.2 Å². The molecule has 2 atom stereocenters. The van der Waals surface area contributed by atoms with Crippen molar-refractivity contribution in [1.82, 2.24) is 5.32 Å². The molecular formula is C21H28N2O6S. The molecule has 0 aliphatic rings. The molecule has 0 heterocycles. The highest BCUT2D eigenvalue weighted by Crippen LogP contribution is 2.21. The largest absolute Gasteiger partial charge is 0.497 e.